The molecule has 1 rings (SSSR count). The summed E-state index contributed by atoms with van der Waals surface area (Å²) in [6.45, 7) is 3.78. The van der Waals surface area contributed by atoms with E-state index in [4.69, 9.17) is 10.8 Å². The molecule has 3 heteroatoms. The molecule has 0 amide bonds. The fourth-order valence-corrected chi connectivity index (χ4v) is 1.32. The van der Waals surface area contributed by atoms with Crippen LogP contribution in [-0.4, -0.2) is 30.3 Å². The van der Waals surface area contributed by atoms with Gasteiger partial charge in [0.05, 0.1) is 6.10 Å². The largest absolute Gasteiger partial charge is 0.393 e. The molecule has 1 aliphatic carbocycles. The van der Waals surface area contributed by atoms with Gasteiger partial charge in [-0.2, -0.15) is 0 Å². The molecule has 0 heterocycles. The van der Waals surface area contributed by atoms with E-state index in [2.05, 4.69) is 12.2 Å². The lowest BCUT2D eigenvalue weighted by atomic mass is 9.82. The Morgan fingerprint density at radius 2 is 2.27 bits per heavy atom. The predicted octanol–water partition coefficient (Wildman–Crippen LogP) is -0.306. The zero-order valence-corrected chi connectivity index (χ0v) is 7.09. The van der Waals surface area contributed by atoms with Crippen molar-refractivity contribution in [2.75, 3.05) is 13.1 Å². The van der Waals surface area contributed by atoms with Crippen LogP contribution in [0.1, 0.15) is 19.8 Å². The maximum absolute atomic E-state index is 8.99. The second-order valence-corrected chi connectivity index (χ2v) is 3.54. The Hall–Kier alpha value is -0.120. The third-order valence-electron chi connectivity index (χ3n) is 2.32. The summed E-state index contributed by atoms with van der Waals surface area (Å²) in [6, 6.07) is 0.410. The monoisotopic (exact) mass is 158 g/mol. The minimum atomic E-state index is -0.0324. The third kappa shape index (κ3) is 2.77. The van der Waals surface area contributed by atoms with Crippen LogP contribution in [0.15, 0.2) is 0 Å². The first kappa shape index (κ1) is 8.97. The van der Waals surface area contributed by atoms with Crippen LogP contribution in [-0.2, 0) is 0 Å². The van der Waals surface area contributed by atoms with Crippen molar-refractivity contribution in [1.82, 2.24) is 5.32 Å². The summed E-state index contributed by atoms with van der Waals surface area (Å²) < 4.78 is 0. The summed E-state index contributed by atoms with van der Waals surface area (Å²) in [7, 11) is 0. The minimum Gasteiger partial charge on any atom is -0.393 e. The van der Waals surface area contributed by atoms with Gasteiger partial charge in [-0.3, -0.25) is 0 Å². The number of hydrogen-bond acceptors (Lipinski definition) is 3. The lowest BCUT2D eigenvalue weighted by molar-refractivity contribution is 0.0422. The van der Waals surface area contributed by atoms with Crippen molar-refractivity contribution in [2.24, 2.45) is 11.7 Å². The lowest BCUT2D eigenvalue weighted by Crippen LogP contribution is -2.41. The standard InChI is InChI=1S/C8H18N2O/c1-6(4-9)10-5-7-2-8(11)3-7/h6-8,10-11H,2-5,9H2,1H3/t6-,7?,8?/m0/s1. The van der Waals surface area contributed by atoms with Crippen LogP contribution >= 0.6 is 0 Å². The molecule has 1 aliphatic rings. The Morgan fingerprint density at radius 3 is 2.73 bits per heavy atom. The molecule has 1 fully saturated rings. The molecule has 0 unspecified atom stereocenters. The Balaban J connectivity index is 1.96. The molecular weight excluding hydrogens is 140 g/mol. The van der Waals surface area contributed by atoms with Crippen molar-refractivity contribution < 1.29 is 5.11 Å². The number of rotatable bonds is 4. The molecule has 0 bridgehead atoms. The van der Waals surface area contributed by atoms with E-state index in [1.807, 2.05) is 0 Å². The predicted molar refractivity (Wildman–Crippen MR) is 45.2 cm³/mol. The van der Waals surface area contributed by atoms with E-state index in [0.29, 0.717) is 18.5 Å². The average Bonchev–Trinajstić information content (AvgIpc) is 1.95. The maximum atomic E-state index is 8.99. The molecule has 1 saturated carbocycles. The molecule has 0 saturated heterocycles. The van der Waals surface area contributed by atoms with Crippen molar-refractivity contribution in [3.63, 3.8) is 0 Å². The van der Waals surface area contributed by atoms with Crippen LogP contribution in [0, 0.1) is 5.92 Å². The Bertz CT molecular complexity index is 113. The van der Waals surface area contributed by atoms with Gasteiger partial charge in [-0.1, -0.05) is 0 Å². The number of nitrogens with two attached hydrogens (primary N) is 1. The maximum Gasteiger partial charge on any atom is 0.0546 e. The average molecular weight is 158 g/mol. The van der Waals surface area contributed by atoms with Crippen LogP contribution < -0.4 is 11.1 Å². The van der Waals surface area contributed by atoms with Crippen molar-refractivity contribution in [3.8, 4) is 0 Å². The van der Waals surface area contributed by atoms with Crippen molar-refractivity contribution in [2.45, 2.75) is 31.9 Å². The zero-order valence-electron chi connectivity index (χ0n) is 7.09. The highest BCUT2D eigenvalue weighted by molar-refractivity contribution is 4.80. The minimum absolute atomic E-state index is 0.0324. The fourth-order valence-electron chi connectivity index (χ4n) is 1.32. The van der Waals surface area contributed by atoms with E-state index in [0.717, 1.165) is 19.4 Å². The van der Waals surface area contributed by atoms with Gasteiger partial charge in [0.2, 0.25) is 0 Å². The van der Waals surface area contributed by atoms with Gasteiger partial charge in [-0.25, -0.2) is 0 Å². The van der Waals surface area contributed by atoms with Crippen molar-refractivity contribution in [1.29, 1.82) is 0 Å². The smallest absolute Gasteiger partial charge is 0.0546 e. The van der Waals surface area contributed by atoms with Gasteiger partial charge in [0, 0.05) is 12.6 Å². The first-order valence-corrected chi connectivity index (χ1v) is 4.34. The highest BCUT2D eigenvalue weighted by atomic mass is 16.3. The van der Waals surface area contributed by atoms with Crippen molar-refractivity contribution in [3.05, 3.63) is 0 Å². The van der Waals surface area contributed by atoms with Crippen LogP contribution in [0.2, 0.25) is 0 Å². The zero-order chi connectivity index (χ0) is 8.27. The van der Waals surface area contributed by atoms with Gasteiger partial charge in [0.15, 0.2) is 0 Å². The Labute approximate surface area is 68.0 Å². The summed E-state index contributed by atoms with van der Waals surface area (Å²) >= 11 is 0. The molecule has 0 aliphatic heterocycles. The topological polar surface area (TPSA) is 58.3 Å². The molecule has 0 spiro atoms. The molecule has 3 nitrogen and oxygen atoms in total. The molecule has 66 valence electrons. The Morgan fingerprint density at radius 1 is 1.64 bits per heavy atom. The summed E-state index contributed by atoms with van der Waals surface area (Å²) in [6.07, 6.45) is 1.89. The first-order chi connectivity index (χ1) is 5.22. The van der Waals surface area contributed by atoms with E-state index in [1.54, 1.807) is 0 Å². The molecular formula is C8H18N2O. The normalized spacial score (nSPS) is 33.0. The second-order valence-electron chi connectivity index (χ2n) is 3.54. The molecule has 0 aromatic carbocycles. The van der Waals surface area contributed by atoms with E-state index >= 15 is 0 Å². The molecule has 0 aromatic rings. The van der Waals surface area contributed by atoms with Gasteiger partial charge in [-0.05, 0) is 32.2 Å². The molecule has 4 N–H and O–H groups in total. The van der Waals surface area contributed by atoms with Gasteiger partial charge >= 0.3 is 0 Å². The van der Waals surface area contributed by atoms with E-state index in [1.165, 1.54) is 0 Å². The molecule has 0 aromatic heterocycles. The van der Waals surface area contributed by atoms with Gasteiger partial charge in [0.25, 0.3) is 0 Å². The first-order valence-electron chi connectivity index (χ1n) is 4.34. The highest BCUT2D eigenvalue weighted by Gasteiger charge is 2.26. The molecule has 11 heavy (non-hydrogen) atoms. The summed E-state index contributed by atoms with van der Waals surface area (Å²) in [5.74, 6) is 0.680. The van der Waals surface area contributed by atoms with E-state index in [-0.39, 0.29) is 6.10 Å². The lowest BCUT2D eigenvalue weighted by Gasteiger charge is -2.32. The van der Waals surface area contributed by atoms with E-state index < -0.39 is 0 Å². The van der Waals surface area contributed by atoms with Gasteiger partial charge in [0.1, 0.15) is 0 Å². The van der Waals surface area contributed by atoms with Crippen LogP contribution in [0.5, 0.6) is 0 Å². The summed E-state index contributed by atoms with van der Waals surface area (Å²) in [5, 5.41) is 12.3. The Kier molecular flexibility index (Phi) is 3.30. The summed E-state index contributed by atoms with van der Waals surface area (Å²) in [5.41, 5.74) is 5.43. The molecule has 0 radical (unpaired) electrons. The van der Waals surface area contributed by atoms with Crippen LogP contribution in [0.4, 0.5) is 0 Å². The number of aliphatic hydroxyl groups is 1. The molecule has 1 atom stereocenters. The fraction of sp³-hybridized carbons (Fsp3) is 1.00. The highest BCUT2D eigenvalue weighted by Crippen LogP contribution is 2.26. The second kappa shape index (κ2) is 4.04. The number of aliphatic hydroxyl groups excluding tert-OH is 1. The quantitative estimate of drug-likeness (QED) is 0.526. The van der Waals surface area contributed by atoms with E-state index in [9.17, 15) is 0 Å². The number of nitrogens with one attached hydrogen (secondary N) is 1. The van der Waals surface area contributed by atoms with Gasteiger partial charge < -0.3 is 16.2 Å². The van der Waals surface area contributed by atoms with Gasteiger partial charge in [-0.15, -0.1) is 0 Å². The van der Waals surface area contributed by atoms with Crippen molar-refractivity contribution >= 4 is 0 Å². The third-order valence-corrected chi connectivity index (χ3v) is 2.32. The summed E-state index contributed by atoms with van der Waals surface area (Å²) in [4.78, 5) is 0. The SMILES string of the molecule is C[C@@H](CN)NCC1CC(O)C1. The van der Waals surface area contributed by atoms with Crippen LogP contribution in [0.25, 0.3) is 0 Å². The number of hydrogen-bond donors (Lipinski definition) is 3. The van der Waals surface area contributed by atoms with Crippen LogP contribution in [0.3, 0.4) is 0 Å².